The Morgan fingerprint density at radius 1 is 0.923 bits per heavy atom. The number of hydrogen-bond acceptors (Lipinski definition) is 4. The quantitative estimate of drug-likeness (QED) is 0.537. The predicted molar refractivity (Wildman–Crippen MR) is 98.0 cm³/mol. The van der Waals surface area contributed by atoms with E-state index in [1.165, 1.54) is 17.9 Å². The van der Waals surface area contributed by atoms with Crippen LogP contribution in [0.4, 0.5) is 0 Å². The Labute approximate surface area is 150 Å². The van der Waals surface area contributed by atoms with Crippen molar-refractivity contribution in [1.29, 1.82) is 0 Å². The van der Waals surface area contributed by atoms with E-state index in [2.05, 4.69) is 0 Å². The summed E-state index contributed by atoms with van der Waals surface area (Å²) in [6.45, 7) is 1.92. The van der Waals surface area contributed by atoms with Crippen LogP contribution in [0.25, 0.3) is 5.69 Å². The van der Waals surface area contributed by atoms with E-state index < -0.39 is 11.5 Å². The van der Waals surface area contributed by atoms with Crippen molar-refractivity contribution in [2.75, 3.05) is 7.11 Å². The standard InChI is InChI=1S/C21H17NO4/c1-14-8-10-15(11-9-14)20(24)18-13-22(16-6-4-3-5-7-16)19(23)12-17(18)21(25)26-2/h3-13H,1-2H3. The van der Waals surface area contributed by atoms with Crippen molar-refractivity contribution >= 4 is 11.8 Å². The van der Waals surface area contributed by atoms with Crippen LogP contribution < -0.4 is 5.56 Å². The van der Waals surface area contributed by atoms with E-state index >= 15 is 0 Å². The first-order valence-electron chi connectivity index (χ1n) is 8.03. The van der Waals surface area contributed by atoms with E-state index in [1.54, 1.807) is 36.4 Å². The van der Waals surface area contributed by atoms with Gasteiger partial charge in [-0.05, 0) is 19.1 Å². The summed E-state index contributed by atoms with van der Waals surface area (Å²) in [7, 11) is 1.21. The Morgan fingerprint density at radius 2 is 1.58 bits per heavy atom. The van der Waals surface area contributed by atoms with E-state index in [0.717, 1.165) is 11.6 Å². The van der Waals surface area contributed by atoms with Gasteiger partial charge in [0.05, 0.1) is 18.2 Å². The summed E-state index contributed by atoms with van der Waals surface area (Å²) in [5.74, 6) is -1.08. The van der Waals surface area contributed by atoms with Crippen molar-refractivity contribution in [2.45, 2.75) is 6.92 Å². The Balaban J connectivity index is 2.20. The smallest absolute Gasteiger partial charge is 0.338 e. The maximum atomic E-state index is 13.0. The van der Waals surface area contributed by atoms with Gasteiger partial charge in [-0.2, -0.15) is 0 Å². The topological polar surface area (TPSA) is 65.4 Å². The van der Waals surface area contributed by atoms with Gasteiger partial charge in [0.2, 0.25) is 0 Å². The molecule has 0 saturated carbocycles. The van der Waals surface area contributed by atoms with Gasteiger partial charge in [0.1, 0.15) is 0 Å². The highest BCUT2D eigenvalue weighted by atomic mass is 16.5. The molecular formula is C21H17NO4. The van der Waals surface area contributed by atoms with Crippen LogP contribution in [0.3, 0.4) is 0 Å². The number of nitrogens with zero attached hydrogens (tertiary/aromatic N) is 1. The molecule has 3 rings (SSSR count). The Kier molecular flexibility index (Phi) is 4.80. The molecule has 5 heteroatoms. The van der Waals surface area contributed by atoms with Crippen molar-refractivity contribution < 1.29 is 14.3 Å². The highest BCUT2D eigenvalue weighted by Gasteiger charge is 2.21. The van der Waals surface area contributed by atoms with Crippen LogP contribution >= 0.6 is 0 Å². The largest absolute Gasteiger partial charge is 0.465 e. The molecule has 130 valence electrons. The lowest BCUT2D eigenvalue weighted by Crippen LogP contribution is -2.23. The first-order chi connectivity index (χ1) is 12.5. The van der Waals surface area contributed by atoms with Crippen LogP contribution in [0.15, 0.2) is 71.7 Å². The average molecular weight is 347 g/mol. The molecule has 0 fully saturated rings. The van der Waals surface area contributed by atoms with Crippen molar-refractivity contribution in [3.8, 4) is 5.69 Å². The number of methoxy groups -OCH3 is 1. The number of hydrogen-bond donors (Lipinski definition) is 0. The lowest BCUT2D eigenvalue weighted by atomic mass is 9.99. The van der Waals surface area contributed by atoms with Crippen LogP contribution in [0, 0.1) is 6.92 Å². The normalized spacial score (nSPS) is 10.4. The second kappa shape index (κ2) is 7.19. The fourth-order valence-electron chi connectivity index (χ4n) is 2.64. The summed E-state index contributed by atoms with van der Waals surface area (Å²) < 4.78 is 6.08. The van der Waals surface area contributed by atoms with Gasteiger partial charge < -0.3 is 4.74 Å². The highest BCUT2D eigenvalue weighted by Crippen LogP contribution is 2.17. The number of esters is 1. The summed E-state index contributed by atoms with van der Waals surface area (Å²) in [4.78, 5) is 37.5. The molecule has 0 bridgehead atoms. The minimum atomic E-state index is -0.724. The molecule has 5 nitrogen and oxygen atoms in total. The van der Waals surface area contributed by atoms with Gasteiger partial charge in [-0.15, -0.1) is 0 Å². The minimum absolute atomic E-state index is 0.0461. The molecule has 0 atom stereocenters. The number of benzene rings is 2. The van der Waals surface area contributed by atoms with Crippen LogP contribution in [0.2, 0.25) is 0 Å². The molecule has 1 aromatic heterocycles. The third-order valence-corrected chi connectivity index (χ3v) is 4.05. The molecule has 0 spiro atoms. The SMILES string of the molecule is COC(=O)c1cc(=O)n(-c2ccccc2)cc1C(=O)c1ccc(C)cc1. The Bertz CT molecular complexity index is 1020. The van der Waals surface area contributed by atoms with Crippen molar-refractivity contribution in [1.82, 2.24) is 4.57 Å². The lowest BCUT2D eigenvalue weighted by molar-refractivity contribution is 0.0597. The van der Waals surface area contributed by atoms with Gasteiger partial charge in [0.15, 0.2) is 5.78 Å². The molecule has 0 saturated heterocycles. The number of aryl methyl sites for hydroxylation is 1. The molecule has 0 aliphatic carbocycles. The van der Waals surface area contributed by atoms with Gasteiger partial charge in [0, 0.05) is 23.5 Å². The summed E-state index contributed by atoms with van der Waals surface area (Å²) in [5.41, 5.74) is 1.70. The molecule has 0 aliphatic rings. The summed E-state index contributed by atoms with van der Waals surface area (Å²) >= 11 is 0. The molecule has 0 N–H and O–H groups in total. The number of ether oxygens (including phenoxy) is 1. The fraction of sp³-hybridized carbons (Fsp3) is 0.0952. The predicted octanol–water partition coefficient (Wildman–Crippen LogP) is 3.16. The first-order valence-corrected chi connectivity index (χ1v) is 8.03. The van der Waals surface area contributed by atoms with Crippen LogP contribution in [-0.2, 0) is 4.74 Å². The van der Waals surface area contributed by atoms with Crippen LogP contribution in [0.1, 0.15) is 31.8 Å². The number of carbonyl (C=O) groups is 2. The maximum Gasteiger partial charge on any atom is 0.338 e. The first kappa shape index (κ1) is 17.4. The van der Waals surface area contributed by atoms with Gasteiger partial charge in [-0.3, -0.25) is 14.2 Å². The number of para-hydroxylation sites is 1. The van der Waals surface area contributed by atoms with E-state index in [4.69, 9.17) is 4.74 Å². The third-order valence-electron chi connectivity index (χ3n) is 4.05. The van der Waals surface area contributed by atoms with Crippen molar-refractivity contribution in [3.05, 3.63) is 99.5 Å². The molecule has 1 heterocycles. The molecule has 0 amide bonds. The van der Waals surface area contributed by atoms with E-state index in [9.17, 15) is 14.4 Å². The van der Waals surface area contributed by atoms with E-state index in [0.29, 0.717) is 11.3 Å². The second-order valence-electron chi connectivity index (χ2n) is 5.83. The Morgan fingerprint density at radius 3 is 2.19 bits per heavy atom. The molecule has 0 aliphatic heterocycles. The minimum Gasteiger partial charge on any atom is -0.465 e. The van der Waals surface area contributed by atoms with Gasteiger partial charge in [-0.25, -0.2) is 4.79 Å². The van der Waals surface area contributed by atoms with Gasteiger partial charge in [-0.1, -0.05) is 48.0 Å². The third kappa shape index (κ3) is 3.32. The average Bonchev–Trinajstić information content (AvgIpc) is 2.68. The second-order valence-corrected chi connectivity index (χ2v) is 5.83. The monoisotopic (exact) mass is 347 g/mol. The zero-order chi connectivity index (χ0) is 18.7. The van der Waals surface area contributed by atoms with Gasteiger partial charge >= 0.3 is 5.97 Å². The number of ketones is 1. The highest BCUT2D eigenvalue weighted by molar-refractivity contribution is 6.14. The number of carbonyl (C=O) groups excluding carboxylic acids is 2. The molecule has 2 aromatic carbocycles. The fourth-order valence-corrected chi connectivity index (χ4v) is 2.64. The summed E-state index contributed by atoms with van der Waals surface area (Å²) in [6, 6.07) is 17.1. The molecular weight excluding hydrogens is 330 g/mol. The number of aromatic nitrogens is 1. The van der Waals surface area contributed by atoms with E-state index in [-0.39, 0.29) is 16.9 Å². The zero-order valence-electron chi connectivity index (χ0n) is 14.4. The molecule has 3 aromatic rings. The molecule has 0 unspecified atom stereocenters. The number of rotatable bonds is 4. The lowest BCUT2D eigenvalue weighted by Gasteiger charge is -2.12. The summed E-state index contributed by atoms with van der Waals surface area (Å²) in [6.07, 6.45) is 1.39. The Hall–Kier alpha value is -3.47. The van der Waals surface area contributed by atoms with Crippen LogP contribution in [0.5, 0.6) is 0 Å². The van der Waals surface area contributed by atoms with Gasteiger partial charge in [0.25, 0.3) is 5.56 Å². The zero-order valence-corrected chi connectivity index (χ0v) is 14.4. The molecule has 0 radical (unpaired) electrons. The van der Waals surface area contributed by atoms with Crippen LogP contribution in [-0.4, -0.2) is 23.4 Å². The van der Waals surface area contributed by atoms with Crippen molar-refractivity contribution in [2.24, 2.45) is 0 Å². The van der Waals surface area contributed by atoms with Crippen molar-refractivity contribution in [3.63, 3.8) is 0 Å². The summed E-state index contributed by atoms with van der Waals surface area (Å²) in [5, 5.41) is 0. The maximum absolute atomic E-state index is 13.0. The molecule has 26 heavy (non-hydrogen) atoms. The number of pyridine rings is 1. The van der Waals surface area contributed by atoms with E-state index in [1.807, 2.05) is 25.1 Å².